The highest BCUT2D eigenvalue weighted by Crippen LogP contribution is 2.23. The van der Waals surface area contributed by atoms with Crippen molar-refractivity contribution in [2.24, 2.45) is 0 Å². The van der Waals surface area contributed by atoms with Crippen LogP contribution in [-0.2, 0) is 21.3 Å². The van der Waals surface area contributed by atoms with Gasteiger partial charge in [0.15, 0.2) is 0 Å². The van der Waals surface area contributed by atoms with Crippen LogP contribution in [0.25, 0.3) is 0 Å². The highest BCUT2D eigenvalue weighted by molar-refractivity contribution is 7.91. The second kappa shape index (κ2) is 6.11. The van der Waals surface area contributed by atoms with Gasteiger partial charge < -0.3 is 10.1 Å². The number of thiophene rings is 1. The summed E-state index contributed by atoms with van der Waals surface area (Å²) < 4.78 is 33.0. The Balaban J connectivity index is 1.60. The third-order valence-corrected chi connectivity index (χ3v) is 6.62. The molecule has 0 atom stereocenters. The van der Waals surface area contributed by atoms with Crippen LogP contribution in [0, 0.1) is 0 Å². The van der Waals surface area contributed by atoms with E-state index in [0.717, 1.165) is 24.9 Å². The van der Waals surface area contributed by atoms with E-state index >= 15 is 0 Å². The zero-order valence-corrected chi connectivity index (χ0v) is 12.9. The maximum atomic E-state index is 12.3. The maximum Gasteiger partial charge on any atom is 0.250 e. The van der Waals surface area contributed by atoms with Crippen LogP contribution in [0.5, 0.6) is 0 Å². The highest BCUT2D eigenvalue weighted by Gasteiger charge is 2.24. The van der Waals surface area contributed by atoms with Crippen LogP contribution in [0.4, 0.5) is 0 Å². The summed E-state index contributed by atoms with van der Waals surface area (Å²) in [7, 11) is -3.38. The van der Waals surface area contributed by atoms with Crippen molar-refractivity contribution >= 4 is 21.4 Å². The summed E-state index contributed by atoms with van der Waals surface area (Å²) in [6.45, 7) is 2.02. The molecular formula is C13H20N2O3S2. The third-order valence-electron chi connectivity index (χ3n) is 3.61. The van der Waals surface area contributed by atoms with E-state index in [-0.39, 0.29) is 6.04 Å². The van der Waals surface area contributed by atoms with Crippen molar-refractivity contribution in [3.8, 4) is 0 Å². The molecule has 2 heterocycles. The van der Waals surface area contributed by atoms with Crippen LogP contribution >= 0.6 is 11.3 Å². The molecule has 0 spiro atoms. The summed E-state index contributed by atoms with van der Waals surface area (Å²) in [5.41, 5.74) is 1.05. The Kier molecular flexibility index (Phi) is 4.42. The van der Waals surface area contributed by atoms with Crippen LogP contribution in [-0.4, -0.2) is 33.7 Å². The van der Waals surface area contributed by atoms with Gasteiger partial charge in [0.2, 0.25) is 10.0 Å². The van der Waals surface area contributed by atoms with Gasteiger partial charge in [0.1, 0.15) is 4.21 Å². The lowest BCUT2D eigenvalue weighted by Gasteiger charge is -2.22. The highest BCUT2D eigenvalue weighted by atomic mass is 32.2. The van der Waals surface area contributed by atoms with Crippen LogP contribution in [0.1, 0.15) is 31.2 Å². The fourth-order valence-electron chi connectivity index (χ4n) is 2.23. The van der Waals surface area contributed by atoms with E-state index in [1.54, 1.807) is 6.07 Å². The Labute approximate surface area is 123 Å². The lowest BCUT2D eigenvalue weighted by Crippen LogP contribution is -2.38. The van der Waals surface area contributed by atoms with Crippen molar-refractivity contribution in [1.82, 2.24) is 10.0 Å². The first-order valence-electron chi connectivity index (χ1n) is 7.04. The predicted molar refractivity (Wildman–Crippen MR) is 78.3 cm³/mol. The van der Waals surface area contributed by atoms with E-state index in [9.17, 15) is 8.42 Å². The van der Waals surface area contributed by atoms with Crippen LogP contribution in [0.15, 0.2) is 15.7 Å². The number of hydrogen-bond donors (Lipinski definition) is 2. The van der Waals surface area contributed by atoms with Crippen LogP contribution in [0.3, 0.4) is 0 Å². The van der Waals surface area contributed by atoms with E-state index in [4.69, 9.17) is 4.74 Å². The maximum absolute atomic E-state index is 12.3. The van der Waals surface area contributed by atoms with E-state index in [1.165, 1.54) is 24.2 Å². The van der Waals surface area contributed by atoms with Gasteiger partial charge in [-0.1, -0.05) is 0 Å². The summed E-state index contributed by atoms with van der Waals surface area (Å²) in [4.78, 5) is 0. The number of hydrogen-bond acceptors (Lipinski definition) is 5. The molecule has 0 bridgehead atoms. The lowest BCUT2D eigenvalue weighted by molar-refractivity contribution is 0.0832. The molecule has 0 radical (unpaired) electrons. The van der Waals surface area contributed by atoms with Crippen molar-refractivity contribution in [3.63, 3.8) is 0 Å². The summed E-state index contributed by atoms with van der Waals surface area (Å²) in [5, 5.41) is 5.32. The molecule has 1 aromatic heterocycles. The van der Waals surface area contributed by atoms with Gasteiger partial charge in [-0.25, -0.2) is 13.1 Å². The molecule has 0 aromatic carbocycles. The molecule has 112 valence electrons. The zero-order chi connectivity index (χ0) is 14.0. The Morgan fingerprint density at radius 2 is 1.95 bits per heavy atom. The molecule has 1 aliphatic heterocycles. The Morgan fingerprint density at radius 3 is 2.65 bits per heavy atom. The van der Waals surface area contributed by atoms with E-state index in [2.05, 4.69) is 10.0 Å². The molecule has 2 fully saturated rings. The van der Waals surface area contributed by atoms with Crippen molar-refractivity contribution < 1.29 is 13.2 Å². The molecule has 2 N–H and O–H groups in total. The minimum Gasteiger partial charge on any atom is -0.381 e. The fourth-order valence-corrected chi connectivity index (χ4v) is 4.76. The van der Waals surface area contributed by atoms with Gasteiger partial charge in [0, 0.05) is 31.8 Å². The number of ether oxygens (including phenoxy) is 1. The molecule has 1 saturated carbocycles. The lowest BCUT2D eigenvalue weighted by atomic mass is 10.1. The molecule has 3 rings (SSSR count). The normalized spacial score (nSPS) is 21.2. The minimum absolute atomic E-state index is 0.00360. The van der Waals surface area contributed by atoms with Gasteiger partial charge in [0.25, 0.3) is 0 Å². The molecule has 2 aliphatic rings. The second-order valence-electron chi connectivity index (χ2n) is 5.44. The summed E-state index contributed by atoms with van der Waals surface area (Å²) in [6, 6.07) is 2.42. The molecule has 1 aromatic rings. The van der Waals surface area contributed by atoms with Crippen molar-refractivity contribution in [1.29, 1.82) is 0 Å². The molecule has 1 aliphatic carbocycles. The van der Waals surface area contributed by atoms with E-state index < -0.39 is 10.0 Å². The van der Waals surface area contributed by atoms with Gasteiger partial charge in [0.05, 0.1) is 0 Å². The number of rotatable bonds is 6. The van der Waals surface area contributed by atoms with Gasteiger partial charge in [-0.15, -0.1) is 11.3 Å². The smallest absolute Gasteiger partial charge is 0.250 e. The molecule has 1 saturated heterocycles. The number of nitrogens with one attached hydrogen (secondary N) is 2. The first kappa shape index (κ1) is 14.5. The molecule has 20 heavy (non-hydrogen) atoms. The molecular weight excluding hydrogens is 296 g/mol. The average Bonchev–Trinajstić information content (AvgIpc) is 3.13. The van der Waals surface area contributed by atoms with Crippen molar-refractivity contribution in [2.45, 2.75) is 48.5 Å². The Morgan fingerprint density at radius 1 is 1.20 bits per heavy atom. The van der Waals surface area contributed by atoms with Gasteiger partial charge in [-0.3, -0.25) is 0 Å². The summed E-state index contributed by atoms with van der Waals surface area (Å²) in [6.07, 6.45) is 3.97. The topological polar surface area (TPSA) is 67.4 Å². The quantitative estimate of drug-likeness (QED) is 0.834. The first-order valence-corrected chi connectivity index (χ1v) is 9.41. The largest absolute Gasteiger partial charge is 0.381 e. The monoisotopic (exact) mass is 316 g/mol. The minimum atomic E-state index is -3.38. The summed E-state index contributed by atoms with van der Waals surface area (Å²) in [5.74, 6) is 0. The van der Waals surface area contributed by atoms with Crippen molar-refractivity contribution in [3.05, 3.63) is 17.0 Å². The summed E-state index contributed by atoms with van der Waals surface area (Å²) >= 11 is 1.30. The molecule has 0 unspecified atom stereocenters. The number of sulfonamides is 1. The van der Waals surface area contributed by atoms with Crippen LogP contribution < -0.4 is 10.0 Å². The van der Waals surface area contributed by atoms with E-state index in [0.29, 0.717) is 23.5 Å². The molecule has 0 amide bonds. The Bertz CT molecular complexity index is 546. The molecule has 5 nitrogen and oxygen atoms in total. The second-order valence-corrected chi connectivity index (χ2v) is 8.29. The fraction of sp³-hybridized carbons (Fsp3) is 0.692. The van der Waals surface area contributed by atoms with Gasteiger partial charge in [-0.2, -0.15) is 0 Å². The van der Waals surface area contributed by atoms with Crippen molar-refractivity contribution in [2.75, 3.05) is 13.2 Å². The third kappa shape index (κ3) is 3.79. The standard InChI is InChI=1S/C13H20N2O3S2/c16-20(17,15-12-3-5-18-6-4-12)13-7-10(9-19-13)8-14-11-1-2-11/h7,9,11-12,14-15H,1-6,8H2. The molecule has 7 heteroatoms. The predicted octanol–water partition coefficient (Wildman–Crippen LogP) is 1.46. The Hall–Kier alpha value is -0.470. The van der Waals surface area contributed by atoms with Gasteiger partial charge >= 0.3 is 0 Å². The SMILES string of the molecule is O=S(=O)(NC1CCOCC1)c1cc(CNC2CC2)cs1. The van der Waals surface area contributed by atoms with E-state index in [1.807, 2.05) is 5.38 Å². The first-order chi connectivity index (χ1) is 9.63. The van der Waals surface area contributed by atoms with Gasteiger partial charge in [-0.05, 0) is 42.7 Å². The zero-order valence-electron chi connectivity index (χ0n) is 11.3. The average molecular weight is 316 g/mol. The van der Waals surface area contributed by atoms with Crippen LogP contribution in [0.2, 0.25) is 0 Å².